The van der Waals surface area contributed by atoms with Crippen molar-refractivity contribution in [3.05, 3.63) is 93.2 Å². The maximum Gasteiger partial charge on any atom is 0.322 e. The monoisotopic (exact) mass is 481 g/mol. The minimum atomic E-state index is -0.132. The highest BCUT2D eigenvalue weighted by molar-refractivity contribution is 7.11. The average Bonchev–Trinajstić information content (AvgIpc) is 3.52. The highest BCUT2D eigenvalue weighted by atomic mass is 32.1. The number of methoxy groups -OCH3 is 1. The van der Waals surface area contributed by atoms with Crippen molar-refractivity contribution in [3.63, 3.8) is 0 Å². The predicted molar refractivity (Wildman–Crippen MR) is 137 cm³/mol. The third kappa shape index (κ3) is 3.85. The van der Waals surface area contributed by atoms with E-state index in [1.165, 1.54) is 0 Å². The van der Waals surface area contributed by atoms with Crippen LogP contribution in [0.25, 0.3) is 33.2 Å². The Bertz CT molecular complexity index is 1750. The number of benzene rings is 2. The lowest BCUT2D eigenvalue weighted by Crippen LogP contribution is -2.27. The molecule has 0 aliphatic rings. The first-order valence-corrected chi connectivity index (χ1v) is 12.0. The van der Waals surface area contributed by atoms with Gasteiger partial charge in [0.05, 0.1) is 30.9 Å². The van der Waals surface area contributed by atoms with Gasteiger partial charge in [0, 0.05) is 11.3 Å². The molecule has 6 aromatic rings. The molecule has 2 aromatic carbocycles. The van der Waals surface area contributed by atoms with E-state index in [2.05, 4.69) is 10.1 Å². The molecule has 4 heterocycles. The Morgan fingerprint density at radius 2 is 1.86 bits per heavy atom. The number of hydrogen-bond donors (Lipinski definition) is 0. The summed E-state index contributed by atoms with van der Waals surface area (Å²) >= 11 is 1.59. The van der Waals surface area contributed by atoms with Gasteiger partial charge in [-0.15, -0.1) is 21.1 Å². The summed E-state index contributed by atoms with van der Waals surface area (Å²) in [6.07, 6.45) is 4.17. The zero-order chi connectivity index (χ0) is 23.8. The van der Waals surface area contributed by atoms with Crippen molar-refractivity contribution in [3.8, 4) is 5.75 Å². The number of thiophene rings is 1. The van der Waals surface area contributed by atoms with Crippen LogP contribution in [0.2, 0.25) is 0 Å². The molecule has 172 valence electrons. The summed E-state index contributed by atoms with van der Waals surface area (Å²) in [4.78, 5) is 27.5. The molecule has 0 aliphatic heterocycles. The average molecular weight is 482 g/mol. The highest BCUT2D eigenvalue weighted by Gasteiger charge is 2.24. The number of ether oxygens (including phenoxy) is 1. The van der Waals surface area contributed by atoms with Gasteiger partial charge in [0.1, 0.15) is 11.3 Å². The molecule has 6 rings (SSSR count). The van der Waals surface area contributed by atoms with Crippen LogP contribution in [0.15, 0.2) is 82.3 Å². The van der Waals surface area contributed by atoms with Gasteiger partial charge in [-0.05, 0) is 41.3 Å². The fraction of sp³-hybridized carbons (Fsp3) is 0.115. The number of aromatic amines is 1. The van der Waals surface area contributed by atoms with E-state index in [-0.39, 0.29) is 5.56 Å². The van der Waals surface area contributed by atoms with Gasteiger partial charge in [-0.2, -0.15) is 0 Å². The first-order valence-electron chi connectivity index (χ1n) is 11.1. The van der Waals surface area contributed by atoms with Crippen LogP contribution in [0.1, 0.15) is 10.4 Å². The number of aromatic nitrogens is 5. The standard InChI is InChI=1S/C26H20N6O2S/c1-34-18-10-8-17(9-11-18)12-13-31-16-27-24-22(26(31)33)23-25(30-21-7-3-2-6-20(21)29-23)32(24)28-15-19-5-4-14-35-19/h2-11,14-16H,12-13H2,1H3/p+1/b28-15+. The summed E-state index contributed by atoms with van der Waals surface area (Å²) in [5.74, 6) is 0.808. The fourth-order valence-corrected chi connectivity index (χ4v) is 4.69. The second kappa shape index (κ2) is 8.77. The molecule has 1 N–H and O–H groups in total. The van der Waals surface area contributed by atoms with Crippen LogP contribution in [-0.4, -0.2) is 32.5 Å². The van der Waals surface area contributed by atoms with E-state index in [0.29, 0.717) is 35.2 Å². The van der Waals surface area contributed by atoms with Crippen LogP contribution >= 0.6 is 11.3 Å². The number of nitrogens with zero attached hydrogens (tertiary/aromatic N) is 5. The SMILES string of the molecule is COc1ccc(CCn2c[nH+]c3c(c2=O)c2nc4ccccc4nc2n3/N=C/c2cccs2)cc1. The minimum Gasteiger partial charge on any atom is -0.497 e. The molecule has 0 saturated carbocycles. The highest BCUT2D eigenvalue weighted by Crippen LogP contribution is 2.24. The Kier molecular flexibility index (Phi) is 5.31. The zero-order valence-electron chi connectivity index (χ0n) is 18.9. The van der Waals surface area contributed by atoms with Gasteiger partial charge in [0.2, 0.25) is 5.65 Å². The summed E-state index contributed by atoms with van der Waals surface area (Å²) in [7, 11) is 1.65. The van der Waals surface area contributed by atoms with Gasteiger partial charge >= 0.3 is 5.56 Å². The molecule has 0 bridgehead atoms. The molecule has 0 spiro atoms. The fourth-order valence-electron chi connectivity index (χ4n) is 4.11. The van der Waals surface area contributed by atoms with E-state index in [1.54, 1.807) is 40.2 Å². The van der Waals surface area contributed by atoms with E-state index in [4.69, 9.17) is 14.7 Å². The Morgan fingerprint density at radius 3 is 2.60 bits per heavy atom. The van der Waals surface area contributed by atoms with E-state index in [9.17, 15) is 4.79 Å². The van der Waals surface area contributed by atoms with Crippen molar-refractivity contribution < 1.29 is 9.72 Å². The summed E-state index contributed by atoms with van der Waals surface area (Å²) in [5.41, 5.74) is 4.09. The van der Waals surface area contributed by atoms with Gasteiger partial charge < -0.3 is 4.74 Å². The van der Waals surface area contributed by atoms with Crippen molar-refractivity contribution in [2.75, 3.05) is 7.11 Å². The number of H-pyrrole nitrogens is 1. The maximum atomic E-state index is 13.6. The van der Waals surface area contributed by atoms with Crippen molar-refractivity contribution in [2.45, 2.75) is 13.0 Å². The second-order valence-corrected chi connectivity index (χ2v) is 9.03. The molecule has 0 amide bonds. The van der Waals surface area contributed by atoms with E-state index in [0.717, 1.165) is 27.2 Å². The molecule has 35 heavy (non-hydrogen) atoms. The Hall–Kier alpha value is -4.37. The third-order valence-electron chi connectivity index (χ3n) is 5.91. The predicted octanol–water partition coefficient (Wildman–Crippen LogP) is 3.91. The lowest BCUT2D eigenvalue weighted by molar-refractivity contribution is -0.357. The van der Waals surface area contributed by atoms with Crippen molar-refractivity contribution in [2.24, 2.45) is 5.10 Å². The topological polar surface area (TPSA) is 88.4 Å². The lowest BCUT2D eigenvalue weighted by Gasteiger charge is -2.04. The Balaban J connectivity index is 1.49. The number of fused-ring (bicyclic) bond motifs is 4. The van der Waals surface area contributed by atoms with Crippen LogP contribution in [0.3, 0.4) is 0 Å². The molecule has 0 aliphatic carbocycles. The van der Waals surface area contributed by atoms with Crippen LogP contribution in [-0.2, 0) is 13.0 Å². The summed E-state index contributed by atoms with van der Waals surface area (Å²) < 4.78 is 8.57. The van der Waals surface area contributed by atoms with Crippen LogP contribution in [0, 0.1) is 0 Å². The van der Waals surface area contributed by atoms with Crippen molar-refractivity contribution in [1.82, 2.24) is 19.2 Å². The Morgan fingerprint density at radius 1 is 1.06 bits per heavy atom. The quantitative estimate of drug-likeness (QED) is 0.338. The van der Waals surface area contributed by atoms with Gasteiger partial charge in [0.25, 0.3) is 5.65 Å². The van der Waals surface area contributed by atoms with Crippen LogP contribution < -0.4 is 15.3 Å². The number of rotatable bonds is 6. The van der Waals surface area contributed by atoms with Gasteiger partial charge in [-0.3, -0.25) is 0 Å². The number of aryl methyl sites for hydroxylation is 2. The molecule has 0 atom stereocenters. The lowest BCUT2D eigenvalue weighted by atomic mass is 10.1. The van der Waals surface area contributed by atoms with Gasteiger partial charge in [-0.25, -0.2) is 24.3 Å². The van der Waals surface area contributed by atoms with Crippen molar-refractivity contribution >= 4 is 50.8 Å². The van der Waals surface area contributed by atoms with Crippen molar-refractivity contribution in [1.29, 1.82) is 0 Å². The molecule has 0 radical (unpaired) electrons. The zero-order valence-corrected chi connectivity index (χ0v) is 19.7. The molecule has 4 aromatic heterocycles. The molecular formula is C26H21N6O2S+. The Labute approximate surface area is 203 Å². The van der Waals surface area contributed by atoms with Gasteiger partial charge in [0.15, 0.2) is 11.7 Å². The second-order valence-electron chi connectivity index (χ2n) is 8.05. The summed E-state index contributed by atoms with van der Waals surface area (Å²) in [6.45, 7) is 0.518. The van der Waals surface area contributed by atoms with E-state index >= 15 is 0 Å². The van der Waals surface area contributed by atoms with Crippen LogP contribution in [0.4, 0.5) is 0 Å². The van der Waals surface area contributed by atoms with E-state index in [1.807, 2.05) is 66.0 Å². The normalized spacial score (nSPS) is 11.8. The number of para-hydroxylation sites is 2. The molecule has 0 saturated heterocycles. The first kappa shape index (κ1) is 21.2. The van der Waals surface area contributed by atoms with Crippen LogP contribution in [0.5, 0.6) is 5.75 Å². The molecule has 9 heteroatoms. The number of hydrogen-bond acceptors (Lipinski definition) is 6. The molecule has 0 fully saturated rings. The summed E-state index contributed by atoms with van der Waals surface area (Å²) in [5, 5.41) is 7.13. The summed E-state index contributed by atoms with van der Waals surface area (Å²) in [6, 6.07) is 19.5. The molecule has 8 nitrogen and oxygen atoms in total. The number of nitrogens with one attached hydrogen (secondary N) is 1. The molecule has 0 unspecified atom stereocenters. The molecular weight excluding hydrogens is 460 g/mol. The van der Waals surface area contributed by atoms with Gasteiger partial charge in [-0.1, -0.05) is 30.3 Å². The minimum absolute atomic E-state index is 0.132. The smallest absolute Gasteiger partial charge is 0.322 e. The maximum absolute atomic E-state index is 13.6. The third-order valence-corrected chi connectivity index (χ3v) is 6.72. The largest absolute Gasteiger partial charge is 0.497 e. The van der Waals surface area contributed by atoms with E-state index < -0.39 is 0 Å². The first-order chi connectivity index (χ1) is 17.2.